The first kappa shape index (κ1) is 11.0. The number of hydrogen-bond donors (Lipinski definition) is 1. The molecule has 84 valence electrons. The zero-order valence-electron chi connectivity index (χ0n) is 10.1. The largest absolute Gasteiger partial charge is 0.346 e. The van der Waals surface area contributed by atoms with Crippen molar-refractivity contribution in [3.63, 3.8) is 0 Å². The molecular formula is C14H18N2. The molecule has 0 unspecified atom stereocenters. The number of nitrogens with two attached hydrogens (primary N) is 1. The van der Waals surface area contributed by atoms with E-state index in [1.165, 1.54) is 22.4 Å². The van der Waals surface area contributed by atoms with Gasteiger partial charge >= 0.3 is 0 Å². The standard InChI is InChI=1S/C14H18N2/c1-10-4-6-13(11(2)8-10)14-7-5-12(9-15)16(14)3/h4-8H,9,15H2,1-3H3. The summed E-state index contributed by atoms with van der Waals surface area (Å²) in [7, 11) is 2.07. The van der Waals surface area contributed by atoms with Crippen molar-refractivity contribution >= 4 is 0 Å². The Balaban J connectivity index is 2.54. The molecule has 0 saturated heterocycles. The van der Waals surface area contributed by atoms with Crippen LogP contribution in [-0.2, 0) is 13.6 Å². The lowest BCUT2D eigenvalue weighted by Gasteiger charge is -2.10. The van der Waals surface area contributed by atoms with Gasteiger partial charge in [0.1, 0.15) is 0 Å². The van der Waals surface area contributed by atoms with Crippen molar-refractivity contribution in [1.82, 2.24) is 4.57 Å². The Labute approximate surface area is 96.7 Å². The molecule has 0 saturated carbocycles. The number of aromatic nitrogens is 1. The van der Waals surface area contributed by atoms with E-state index in [-0.39, 0.29) is 0 Å². The highest BCUT2D eigenvalue weighted by Gasteiger charge is 2.07. The van der Waals surface area contributed by atoms with Crippen molar-refractivity contribution in [2.24, 2.45) is 12.8 Å². The third-order valence-corrected chi connectivity index (χ3v) is 3.09. The molecule has 0 atom stereocenters. The van der Waals surface area contributed by atoms with E-state index in [0.717, 1.165) is 5.69 Å². The molecule has 0 aliphatic carbocycles. The third kappa shape index (κ3) is 1.76. The summed E-state index contributed by atoms with van der Waals surface area (Å²) >= 11 is 0. The number of rotatable bonds is 2. The van der Waals surface area contributed by atoms with Gasteiger partial charge in [-0.2, -0.15) is 0 Å². The van der Waals surface area contributed by atoms with Crippen molar-refractivity contribution in [2.45, 2.75) is 20.4 Å². The molecule has 16 heavy (non-hydrogen) atoms. The van der Waals surface area contributed by atoms with Crippen LogP contribution in [0.2, 0.25) is 0 Å². The average molecular weight is 214 g/mol. The highest BCUT2D eigenvalue weighted by Crippen LogP contribution is 2.25. The van der Waals surface area contributed by atoms with Crippen LogP contribution in [0.3, 0.4) is 0 Å². The van der Waals surface area contributed by atoms with Gasteiger partial charge in [0.15, 0.2) is 0 Å². The fraction of sp³-hybridized carbons (Fsp3) is 0.286. The van der Waals surface area contributed by atoms with Crippen LogP contribution in [0.15, 0.2) is 30.3 Å². The van der Waals surface area contributed by atoms with Gasteiger partial charge in [0, 0.05) is 30.5 Å². The van der Waals surface area contributed by atoms with Crippen LogP contribution in [0.5, 0.6) is 0 Å². The molecule has 2 heteroatoms. The fourth-order valence-electron chi connectivity index (χ4n) is 2.13. The van der Waals surface area contributed by atoms with Crippen LogP contribution in [0.4, 0.5) is 0 Å². The van der Waals surface area contributed by atoms with E-state index in [0.29, 0.717) is 6.54 Å². The average Bonchev–Trinajstić information content (AvgIpc) is 2.60. The van der Waals surface area contributed by atoms with Crippen molar-refractivity contribution in [3.8, 4) is 11.3 Å². The van der Waals surface area contributed by atoms with E-state index in [2.05, 4.69) is 55.8 Å². The lowest BCUT2D eigenvalue weighted by Crippen LogP contribution is -2.04. The lowest BCUT2D eigenvalue weighted by molar-refractivity contribution is 0.830. The summed E-state index contributed by atoms with van der Waals surface area (Å²) in [5, 5.41) is 0. The summed E-state index contributed by atoms with van der Waals surface area (Å²) in [5.74, 6) is 0. The quantitative estimate of drug-likeness (QED) is 0.818. The Morgan fingerprint density at radius 3 is 2.44 bits per heavy atom. The summed E-state index contributed by atoms with van der Waals surface area (Å²) < 4.78 is 2.16. The summed E-state index contributed by atoms with van der Waals surface area (Å²) in [4.78, 5) is 0. The Hall–Kier alpha value is -1.54. The van der Waals surface area contributed by atoms with Crippen LogP contribution in [0.1, 0.15) is 16.8 Å². The van der Waals surface area contributed by atoms with Gasteiger partial charge in [0.25, 0.3) is 0 Å². The van der Waals surface area contributed by atoms with Gasteiger partial charge in [-0.1, -0.05) is 23.8 Å². The van der Waals surface area contributed by atoms with Gasteiger partial charge in [-0.25, -0.2) is 0 Å². The molecule has 0 radical (unpaired) electrons. The lowest BCUT2D eigenvalue weighted by atomic mass is 10.0. The molecule has 2 aromatic rings. The molecule has 0 amide bonds. The molecular weight excluding hydrogens is 196 g/mol. The number of hydrogen-bond acceptors (Lipinski definition) is 1. The molecule has 0 spiro atoms. The minimum Gasteiger partial charge on any atom is -0.346 e. The van der Waals surface area contributed by atoms with Crippen LogP contribution < -0.4 is 5.73 Å². The van der Waals surface area contributed by atoms with Crippen molar-refractivity contribution < 1.29 is 0 Å². The SMILES string of the molecule is Cc1ccc(-c2ccc(CN)n2C)c(C)c1. The van der Waals surface area contributed by atoms with Crippen LogP contribution in [0.25, 0.3) is 11.3 Å². The Morgan fingerprint density at radius 1 is 1.12 bits per heavy atom. The third-order valence-electron chi connectivity index (χ3n) is 3.09. The molecule has 1 heterocycles. The summed E-state index contributed by atoms with van der Waals surface area (Å²) in [5.41, 5.74) is 12.0. The number of aryl methyl sites for hydroxylation is 2. The fourth-order valence-corrected chi connectivity index (χ4v) is 2.13. The van der Waals surface area contributed by atoms with Crippen LogP contribution in [0, 0.1) is 13.8 Å². The van der Waals surface area contributed by atoms with Gasteiger partial charge < -0.3 is 10.3 Å². The zero-order valence-corrected chi connectivity index (χ0v) is 10.1. The monoisotopic (exact) mass is 214 g/mol. The van der Waals surface area contributed by atoms with Crippen molar-refractivity contribution in [2.75, 3.05) is 0 Å². The maximum Gasteiger partial charge on any atom is 0.0482 e. The molecule has 0 fully saturated rings. The normalized spacial score (nSPS) is 10.8. The second-order valence-corrected chi connectivity index (χ2v) is 4.29. The molecule has 0 aliphatic heterocycles. The first-order valence-electron chi connectivity index (χ1n) is 5.55. The van der Waals surface area contributed by atoms with Gasteiger partial charge in [0.05, 0.1) is 0 Å². The van der Waals surface area contributed by atoms with E-state index >= 15 is 0 Å². The minimum absolute atomic E-state index is 0.585. The van der Waals surface area contributed by atoms with E-state index in [4.69, 9.17) is 5.73 Å². The number of nitrogens with zero attached hydrogens (tertiary/aromatic N) is 1. The van der Waals surface area contributed by atoms with Gasteiger partial charge in [0.2, 0.25) is 0 Å². The summed E-state index contributed by atoms with van der Waals surface area (Å²) in [6.07, 6.45) is 0. The zero-order chi connectivity index (χ0) is 11.7. The van der Waals surface area contributed by atoms with Crippen LogP contribution >= 0.6 is 0 Å². The molecule has 2 nitrogen and oxygen atoms in total. The van der Waals surface area contributed by atoms with Crippen molar-refractivity contribution in [3.05, 3.63) is 47.2 Å². The molecule has 1 aromatic carbocycles. The topological polar surface area (TPSA) is 30.9 Å². The Kier molecular flexibility index (Phi) is 2.84. The summed E-state index contributed by atoms with van der Waals surface area (Å²) in [6, 6.07) is 10.8. The number of benzene rings is 1. The van der Waals surface area contributed by atoms with Crippen LogP contribution in [-0.4, -0.2) is 4.57 Å². The van der Waals surface area contributed by atoms with Gasteiger partial charge in [-0.15, -0.1) is 0 Å². The van der Waals surface area contributed by atoms with E-state index in [1.807, 2.05) is 0 Å². The molecule has 0 bridgehead atoms. The second kappa shape index (κ2) is 4.14. The molecule has 2 N–H and O–H groups in total. The minimum atomic E-state index is 0.585. The maximum atomic E-state index is 5.68. The van der Waals surface area contributed by atoms with E-state index < -0.39 is 0 Å². The second-order valence-electron chi connectivity index (χ2n) is 4.29. The predicted octanol–water partition coefficient (Wildman–Crippen LogP) is 2.77. The molecule has 2 rings (SSSR count). The Bertz CT molecular complexity index is 509. The van der Waals surface area contributed by atoms with E-state index in [9.17, 15) is 0 Å². The maximum absolute atomic E-state index is 5.68. The summed E-state index contributed by atoms with van der Waals surface area (Å²) in [6.45, 7) is 4.85. The molecule has 1 aromatic heterocycles. The smallest absolute Gasteiger partial charge is 0.0482 e. The predicted molar refractivity (Wildman–Crippen MR) is 68.2 cm³/mol. The van der Waals surface area contributed by atoms with E-state index in [1.54, 1.807) is 0 Å². The first-order chi connectivity index (χ1) is 7.63. The van der Waals surface area contributed by atoms with Gasteiger partial charge in [-0.05, 0) is 31.5 Å². The first-order valence-corrected chi connectivity index (χ1v) is 5.55. The van der Waals surface area contributed by atoms with Crippen molar-refractivity contribution in [1.29, 1.82) is 0 Å². The molecule has 0 aliphatic rings. The Morgan fingerprint density at radius 2 is 1.88 bits per heavy atom. The van der Waals surface area contributed by atoms with Gasteiger partial charge in [-0.3, -0.25) is 0 Å². The highest BCUT2D eigenvalue weighted by molar-refractivity contribution is 5.65. The highest BCUT2D eigenvalue weighted by atomic mass is 15.0.